The molecule has 0 saturated carbocycles. The zero-order valence-corrected chi connectivity index (χ0v) is 11.3. The fourth-order valence-corrected chi connectivity index (χ4v) is 1.74. The van der Waals surface area contributed by atoms with Crippen LogP contribution < -0.4 is 5.32 Å². The highest BCUT2D eigenvalue weighted by molar-refractivity contribution is 7.97. The van der Waals surface area contributed by atoms with Crippen LogP contribution in [0.25, 0.3) is 0 Å². The molecule has 0 aliphatic heterocycles. The van der Waals surface area contributed by atoms with Gasteiger partial charge in [0.2, 0.25) is 0 Å². The lowest BCUT2D eigenvalue weighted by Crippen LogP contribution is -2.36. The molecule has 0 aliphatic rings. The molecule has 0 atom stereocenters. The van der Waals surface area contributed by atoms with Crippen molar-refractivity contribution < 1.29 is 9.15 Å². The molecule has 92 valence electrons. The summed E-state index contributed by atoms with van der Waals surface area (Å²) in [6, 6.07) is 4.06. The van der Waals surface area contributed by atoms with E-state index in [1.807, 2.05) is 12.1 Å². The average Bonchev–Trinajstić information content (AvgIpc) is 2.66. The van der Waals surface area contributed by atoms with Crippen LogP contribution in [0.3, 0.4) is 0 Å². The van der Waals surface area contributed by atoms with Crippen LogP contribution in [0.5, 0.6) is 0 Å². The molecule has 3 nitrogen and oxygen atoms in total. The number of furan rings is 1. The molecule has 0 amide bonds. The summed E-state index contributed by atoms with van der Waals surface area (Å²) in [4.78, 5) is 0. The Morgan fingerprint density at radius 2 is 2.06 bits per heavy atom. The van der Waals surface area contributed by atoms with Crippen molar-refractivity contribution in [1.82, 2.24) is 5.32 Å². The summed E-state index contributed by atoms with van der Waals surface area (Å²) in [6.07, 6.45) is 2.07. The third-order valence-corrected chi connectivity index (χ3v) is 2.98. The molecule has 0 saturated heterocycles. The van der Waals surface area contributed by atoms with Crippen LogP contribution in [0.4, 0.5) is 0 Å². The molecule has 1 N–H and O–H groups in total. The van der Waals surface area contributed by atoms with Crippen molar-refractivity contribution in [1.29, 1.82) is 0 Å². The van der Waals surface area contributed by atoms with E-state index in [0.29, 0.717) is 0 Å². The van der Waals surface area contributed by atoms with Crippen molar-refractivity contribution in [2.24, 2.45) is 0 Å². The Labute approximate surface area is 102 Å². The van der Waals surface area contributed by atoms with E-state index in [1.54, 1.807) is 18.9 Å². The standard InChI is InChI=1S/C12H21NO2S/c1-12(2,14-3)9-13-7-10-5-6-11(15-10)8-16-4/h5-6,13H,7-9H2,1-4H3. The Bertz CT molecular complexity index is 310. The normalized spacial score (nSPS) is 12.0. The lowest BCUT2D eigenvalue weighted by atomic mass is 10.1. The van der Waals surface area contributed by atoms with Gasteiger partial charge < -0.3 is 14.5 Å². The number of methoxy groups -OCH3 is 1. The van der Waals surface area contributed by atoms with Crippen molar-refractivity contribution in [3.8, 4) is 0 Å². The van der Waals surface area contributed by atoms with Crippen LogP contribution in [0.1, 0.15) is 25.4 Å². The molecule has 1 aromatic heterocycles. The van der Waals surface area contributed by atoms with Gasteiger partial charge in [0.15, 0.2) is 0 Å². The number of rotatable bonds is 7. The minimum Gasteiger partial charge on any atom is -0.464 e. The second-order valence-corrected chi connectivity index (χ2v) is 5.23. The summed E-state index contributed by atoms with van der Waals surface area (Å²) in [7, 11) is 1.73. The Kier molecular flexibility index (Phi) is 5.38. The van der Waals surface area contributed by atoms with Crippen LogP contribution in [-0.2, 0) is 17.0 Å². The Morgan fingerprint density at radius 3 is 2.69 bits per heavy atom. The van der Waals surface area contributed by atoms with E-state index in [0.717, 1.165) is 30.4 Å². The number of ether oxygens (including phenoxy) is 1. The first-order valence-electron chi connectivity index (χ1n) is 5.40. The van der Waals surface area contributed by atoms with E-state index in [-0.39, 0.29) is 5.60 Å². The Hall–Kier alpha value is -0.450. The first kappa shape index (κ1) is 13.6. The van der Waals surface area contributed by atoms with Gasteiger partial charge in [-0.15, -0.1) is 0 Å². The quantitative estimate of drug-likeness (QED) is 0.798. The third-order valence-electron chi connectivity index (χ3n) is 2.41. The zero-order valence-electron chi connectivity index (χ0n) is 10.5. The molecule has 0 aliphatic carbocycles. The highest BCUT2D eigenvalue weighted by Crippen LogP contribution is 2.13. The lowest BCUT2D eigenvalue weighted by Gasteiger charge is -2.22. The zero-order chi connectivity index (χ0) is 12.0. The molecule has 4 heteroatoms. The van der Waals surface area contributed by atoms with Crippen LogP contribution in [0, 0.1) is 0 Å². The fourth-order valence-electron chi connectivity index (χ4n) is 1.30. The fraction of sp³-hybridized carbons (Fsp3) is 0.667. The van der Waals surface area contributed by atoms with Gasteiger partial charge in [0, 0.05) is 13.7 Å². The molecule has 0 fully saturated rings. The largest absolute Gasteiger partial charge is 0.464 e. The van der Waals surface area contributed by atoms with E-state index in [9.17, 15) is 0 Å². The molecular weight excluding hydrogens is 222 g/mol. The predicted molar refractivity (Wildman–Crippen MR) is 68.7 cm³/mol. The van der Waals surface area contributed by atoms with E-state index in [4.69, 9.17) is 9.15 Å². The molecule has 1 rings (SSSR count). The Balaban J connectivity index is 2.31. The van der Waals surface area contributed by atoms with Gasteiger partial charge >= 0.3 is 0 Å². The first-order chi connectivity index (χ1) is 7.57. The van der Waals surface area contributed by atoms with Crippen molar-refractivity contribution in [3.05, 3.63) is 23.7 Å². The molecule has 16 heavy (non-hydrogen) atoms. The molecule has 0 radical (unpaired) electrons. The summed E-state index contributed by atoms with van der Waals surface area (Å²) in [6.45, 7) is 5.67. The molecule has 0 aromatic carbocycles. The van der Waals surface area contributed by atoms with E-state index < -0.39 is 0 Å². The van der Waals surface area contributed by atoms with Crippen molar-refractivity contribution >= 4 is 11.8 Å². The number of thioether (sulfide) groups is 1. The lowest BCUT2D eigenvalue weighted by molar-refractivity contribution is 0.0227. The molecule has 1 aromatic rings. The van der Waals surface area contributed by atoms with Crippen molar-refractivity contribution in [2.75, 3.05) is 19.9 Å². The summed E-state index contributed by atoms with van der Waals surface area (Å²) in [5.41, 5.74) is -0.130. The van der Waals surface area contributed by atoms with Gasteiger partial charge in [-0.2, -0.15) is 11.8 Å². The summed E-state index contributed by atoms with van der Waals surface area (Å²) < 4.78 is 11.0. The van der Waals surface area contributed by atoms with Gasteiger partial charge in [-0.1, -0.05) is 0 Å². The third kappa shape index (κ3) is 4.60. The average molecular weight is 243 g/mol. The van der Waals surface area contributed by atoms with Gasteiger partial charge in [-0.25, -0.2) is 0 Å². The van der Waals surface area contributed by atoms with Gasteiger partial charge in [0.25, 0.3) is 0 Å². The van der Waals surface area contributed by atoms with Crippen molar-refractivity contribution in [2.45, 2.75) is 31.7 Å². The second-order valence-electron chi connectivity index (χ2n) is 4.37. The molecule has 0 spiro atoms. The second kappa shape index (κ2) is 6.33. The molecule has 0 unspecified atom stereocenters. The van der Waals surface area contributed by atoms with Crippen molar-refractivity contribution in [3.63, 3.8) is 0 Å². The van der Waals surface area contributed by atoms with Crippen LogP contribution >= 0.6 is 11.8 Å². The van der Waals surface area contributed by atoms with Gasteiger partial charge in [-0.05, 0) is 32.2 Å². The van der Waals surface area contributed by atoms with Gasteiger partial charge in [0.05, 0.1) is 17.9 Å². The minimum absolute atomic E-state index is 0.130. The van der Waals surface area contributed by atoms with Crippen LogP contribution in [0.2, 0.25) is 0 Å². The molecule has 1 heterocycles. The molecular formula is C12H21NO2S. The highest BCUT2D eigenvalue weighted by Gasteiger charge is 2.15. The summed E-state index contributed by atoms with van der Waals surface area (Å²) >= 11 is 1.77. The van der Waals surface area contributed by atoms with E-state index in [2.05, 4.69) is 25.4 Å². The summed E-state index contributed by atoms with van der Waals surface area (Å²) in [5.74, 6) is 2.95. The van der Waals surface area contributed by atoms with Crippen LogP contribution in [-0.4, -0.2) is 25.5 Å². The highest BCUT2D eigenvalue weighted by atomic mass is 32.2. The van der Waals surface area contributed by atoms with E-state index in [1.165, 1.54) is 0 Å². The maximum Gasteiger partial charge on any atom is 0.118 e. The Morgan fingerprint density at radius 1 is 1.38 bits per heavy atom. The van der Waals surface area contributed by atoms with Gasteiger partial charge in [0.1, 0.15) is 11.5 Å². The van der Waals surface area contributed by atoms with E-state index >= 15 is 0 Å². The predicted octanol–water partition coefficient (Wildman–Crippen LogP) is 2.66. The molecule has 0 bridgehead atoms. The summed E-state index contributed by atoms with van der Waals surface area (Å²) in [5, 5.41) is 3.32. The monoisotopic (exact) mass is 243 g/mol. The topological polar surface area (TPSA) is 34.4 Å². The number of hydrogen-bond donors (Lipinski definition) is 1. The van der Waals surface area contributed by atoms with Crippen LogP contribution in [0.15, 0.2) is 16.5 Å². The minimum atomic E-state index is -0.130. The number of hydrogen-bond acceptors (Lipinski definition) is 4. The maximum absolute atomic E-state index is 5.65. The smallest absolute Gasteiger partial charge is 0.118 e. The first-order valence-corrected chi connectivity index (χ1v) is 6.79. The van der Waals surface area contributed by atoms with Gasteiger partial charge in [-0.3, -0.25) is 0 Å². The SMILES string of the molecule is COC(C)(C)CNCc1ccc(CSC)o1. The maximum atomic E-state index is 5.65. The number of nitrogens with one attached hydrogen (secondary N) is 1.